The van der Waals surface area contributed by atoms with Crippen LogP contribution in [0.5, 0.6) is 0 Å². The molecule has 1 aliphatic heterocycles. The van der Waals surface area contributed by atoms with Crippen LogP contribution < -0.4 is 10.5 Å². The van der Waals surface area contributed by atoms with Gasteiger partial charge in [0.05, 0.1) is 0 Å². The Hall–Kier alpha value is 0.180. The van der Waals surface area contributed by atoms with Crippen molar-refractivity contribution in [2.24, 2.45) is 11.7 Å². The van der Waals surface area contributed by atoms with Crippen LogP contribution in [-0.4, -0.2) is 50.9 Å². The maximum absolute atomic E-state index is 11.9. The van der Waals surface area contributed by atoms with Gasteiger partial charge in [0.2, 0.25) is 0 Å². The molecule has 0 amide bonds. The summed E-state index contributed by atoms with van der Waals surface area (Å²) in [6.07, 6.45) is 4.65. The second-order valence-electron chi connectivity index (χ2n) is 4.32. The fourth-order valence-electron chi connectivity index (χ4n) is 1.89. The molecule has 0 bridgehead atoms. The van der Waals surface area contributed by atoms with E-state index in [9.17, 15) is 8.42 Å². The molecule has 0 aromatic heterocycles. The molecule has 0 radical (unpaired) electrons. The zero-order valence-corrected chi connectivity index (χ0v) is 12.0. The zero-order chi connectivity index (χ0) is 12.7. The summed E-state index contributed by atoms with van der Waals surface area (Å²) >= 11 is 1.73. The predicted molar refractivity (Wildman–Crippen MR) is 73.3 cm³/mol. The lowest BCUT2D eigenvalue weighted by Gasteiger charge is -2.30. The Labute approximate surface area is 109 Å². The van der Waals surface area contributed by atoms with E-state index >= 15 is 0 Å². The van der Waals surface area contributed by atoms with Crippen molar-refractivity contribution in [3.63, 3.8) is 0 Å². The quantitative estimate of drug-likeness (QED) is 0.656. The number of hydrogen-bond acceptors (Lipinski definition) is 4. The molecular weight excluding hydrogens is 258 g/mol. The van der Waals surface area contributed by atoms with Gasteiger partial charge in [-0.3, -0.25) is 0 Å². The highest BCUT2D eigenvalue weighted by molar-refractivity contribution is 7.98. The average Bonchev–Trinajstić information content (AvgIpc) is 2.35. The van der Waals surface area contributed by atoms with Gasteiger partial charge in [0.15, 0.2) is 0 Å². The van der Waals surface area contributed by atoms with Crippen LogP contribution in [0, 0.1) is 5.92 Å². The van der Waals surface area contributed by atoms with Gasteiger partial charge in [-0.2, -0.15) is 24.5 Å². The molecule has 7 heteroatoms. The van der Waals surface area contributed by atoms with Gasteiger partial charge in [-0.25, -0.2) is 4.72 Å². The van der Waals surface area contributed by atoms with Crippen LogP contribution in [0.25, 0.3) is 0 Å². The molecule has 1 rings (SSSR count). The van der Waals surface area contributed by atoms with E-state index in [4.69, 9.17) is 5.73 Å². The molecule has 0 aliphatic carbocycles. The minimum Gasteiger partial charge on any atom is -0.330 e. The fraction of sp³-hybridized carbons (Fsp3) is 1.00. The van der Waals surface area contributed by atoms with E-state index in [2.05, 4.69) is 4.72 Å². The van der Waals surface area contributed by atoms with Crippen LogP contribution in [0.3, 0.4) is 0 Å². The molecule has 0 atom stereocenters. The van der Waals surface area contributed by atoms with Crippen molar-refractivity contribution in [3.8, 4) is 0 Å². The fourth-order valence-corrected chi connectivity index (χ4v) is 3.60. The topological polar surface area (TPSA) is 75.4 Å². The number of hydrogen-bond donors (Lipinski definition) is 2. The molecule has 0 aromatic rings. The second-order valence-corrected chi connectivity index (χ2v) is 7.06. The molecule has 1 aliphatic rings. The van der Waals surface area contributed by atoms with E-state index in [1.54, 1.807) is 11.8 Å². The lowest BCUT2D eigenvalue weighted by atomic mass is 9.99. The first-order valence-electron chi connectivity index (χ1n) is 6.04. The van der Waals surface area contributed by atoms with Gasteiger partial charge in [0.1, 0.15) is 0 Å². The van der Waals surface area contributed by atoms with Crippen molar-refractivity contribution < 1.29 is 8.42 Å². The molecule has 0 aromatic carbocycles. The van der Waals surface area contributed by atoms with Crippen LogP contribution >= 0.6 is 11.8 Å². The third-order valence-electron chi connectivity index (χ3n) is 3.06. The summed E-state index contributed by atoms with van der Waals surface area (Å²) in [6.45, 7) is 2.38. The molecule has 102 valence electrons. The number of thioether (sulfide) groups is 1. The van der Waals surface area contributed by atoms with E-state index in [1.165, 1.54) is 4.31 Å². The SMILES string of the molecule is CSCCCNS(=O)(=O)N1CCC(CN)CC1. The molecule has 1 heterocycles. The third-order valence-corrected chi connectivity index (χ3v) is 5.37. The summed E-state index contributed by atoms with van der Waals surface area (Å²) in [7, 11) is -3.26. The number of nitrogens with zero attached hydrogens (tertiary/aromatic N) is 1. The first kappa shape index (κ1) is 15.2. The van der Waals surface area contributed by atoms with Crippen molar-refractivity contribution in [1.82, 2.24) is 9.03 Å². The Morgan fingerprint density at radius 3 is 2.59 bits per heavy atom. The van der Waals surface area contributed by atoms with Gasteiger partial charge in [-0.05, 0) is 43.7 Å². The molecule has 1 saturated heterocycles. The zero-order valence-electron chi connectivity index (χ0n) is 10.4. The Kier molecular flexibility index (Phi) is 6.79. The molecule has 3 N–H and O–H groups in total. The number of nitrogens with two attached hydrogens (primary N) is 1. The van der Waals surface area contributed by atoms with E-state index in [1.807, 2.05) is 6.26 Å². The first-order valence-corrected chi connectivity index (χ1v) is 8.87. The van der Waals surface area contributed by atoms with Crippen LogP contribution in [0.4, 0.5) is 0 Å². The van der Waals surface area contributed by atoms with Gasteiger partial charge in [-0.15, -0.1) is 0 Å². The number of piperidine rings is 1. The van der Waals surface area contributed by atoms with E-state index < -0.39 is 10.2 Å². The monoisotopic (exact) mass is 281 g/mol. The average molecular weight is 281 g/mol. The summed E-state index contributed by atoms with van der Waals surface area (Å²) < 4.78 is 28.0. The van der Waals surface area contributed by atoms with Crippen LogP contribution in [0.2, 0.25) is 0 Å². The molecule has 0 saturated carbocycles. The smallest absolute Gasteiger partial charge is 0.279 e. The molecule has 17 heavy (non-hydrogen) atoms. The van der Waals surface area contributed by atoms with Crippen LogP contribution in [-0.2, 0) is 10.2 Å². The normalized spacial score (nSPS) is 19.6. The second kappa shape index (κ2) is 7.58. The van der Waals surface area contributed by atoms with Gasteiger partial charge < -0.3 is 5.73 Å². The largest absolute Gasteiger partial charge is 0.330 e. The van der Waals surface area contributed by atoms with Crippen molar-refractivity contribution in [1.29, 1.82) is 0 Å². The van der Waals surface area contributed by atoms with Gasteiger partial charge in [-0.1, -0.05) is 0 Å². The summed E-state index contributed by atoms with van der Waals surface area (Å²) in [5, 5.41) is 0. The van der Waals surface area contributed by atoms with Crippen LogP contribution in [0.1, 0.15) is 19.3 Å². The maximum atomic E-state index is 11.9. The Morgan fingerprint density at radius 1 is 1.41 bits per heavy atom. The Morgan fingerprint density at radius 2 is 2.06 bits per heavy atom. The number of nitrogens with one attached hydrogen (secondary N) is 1. The lowest BCUT2D eigenvalue weighted by molar-refractivity contribution is 0.276. The molecule has 1 fully saturated rings. The van der Waals surface area contributed by atoms with Crippen molar-refractivity contribution in [2.45, 2.75) is 19.3 Å². The van der Waals surface area contributed by atoms with Gasteiger partial charge >= 0.3 is 0 Å². The van der Waals surface area contributed by atoms with Gasteiger partial charge in [0.25, 0.3) is 10.2 Å². The maximum Gasteiger partial charge on any atom is 0.279 e. The summed E-state index contributed by atoms with van der Waals surface area (Å²) in [5.74, 6) is 1.47. The standard InChI is InChI=1S/C10H23N3O2S2/c1-16-8-2-5-12-17(14,15)13-6-3-10(9-11)4-7-13/h10,12H,2-9,11H2,1H3. The molecule has 0 unspecified atom stereocenters. The lowest BCUT2D eigenvalue weighted by Crippen LogP contribution is -2.46. The minimum atomic E-state index is -3.26. The third kappa shape index (κ3) is 5.13. The summed E-state index contributed by atoms with van der Waals surface area (Å²) in [6, 6.07) is 0. The molecule has 0 spiro atoms. The van der Waals surface area contributed by atoms with E-state index in [0.717, 1.165) is 25.0 Å². The molecule has 5 nitrogen and oxygen atoms in total. The summed E-state index contributed by atoms with van der Waals surface area (Å²) in [4.78, 5) is 0. The van der Waals surface area contributed by atoms with Crippen molar-refractivity contribution in [2.75, 3.05) is 38.2 Å². The summed E-state index contributed by atoms with van der Waals surface area (Å²) in [5.41, 5.74) is 5.59. The van der Waals surface area contributed by atoms with E-state index in [0.29, 0.717) is 32.1 Å². The highest BCUT2D eigenvalue weighted by atomic mass is 32.2. The first-order chi connectivity index (χ1) is 8.10. The minimum absolute atomic E-state index is 0.484. The predicted octanol–water partition coefficient (Wildman–Crippen LogP) is 0.245. The highest BCUT2D eigenvalue weighted by Gasteiger charge is 2.26. The Bertz CT molecular complexity index is 301. The number of rotatable bonds is 7. The molecular formula is C10H23N3O2S2. The highest BCUT2D eigenvalue weighted by Crippen LogP contribution is 2.17. The van der Waals surface area contributed by atoms with Crippen molar-refractivity contribution in [3.05, 3.63) is 0 Å². The van der Waals surface area contributed by atoms with E-state index in [-0.39, 0.29) is 0 Å². The van der Waals surface area contributed by atoms with Gasteiger partial charge in [0, 0.05) is 19.6 Å². The van der Waals surface area contributed by atoms with Crippen molar-refractivity contribution >= 4 is 22.0 Å². The Balaban J connectivity index is 2.33. The van der Waals surface area contributed by atoms with Crippen LogP contribution in [0.15, 0.2) is 0 Å².